The van der Waals surface area contributed by atoms with Crippen LogP contribution in [0.2, 0.25) is 0 Å². The first-order valence-corrected chi connectivity index (χ1v) is 5.96. The molecule has 0 atom stereocenters. The first kappa shape index (κ1) is 13.2. The van der Waals surface area contributed by atoms with Crippen LogP contribution in [0.5, 0.6) is 0 Å². The first-order valence-electron chi connectivity index (χ1n) is 5.96. The lowest BCUT2D eigenvalue weighted by molar-refractivity contribution is -0.137. The van der Waals surface area contributed by atoms with E-state index in [1.54, 1.807) is 18.2 Å². The summed E-state index contributed by atoms with van der Waals surface area (Å²) in [6.45, 7) is 0. The second-order valence-corrected chi connectivity index (χ2v) is 4.08. The topological polar surface area (TPSA) is 76.2 Å². The minimum atomic E-state index is -0.822. The fraction of sp³-hybridized carbons (Fsp3) is 0.308. The maximum Gasteiger partial charge on any atom is 0.303 e. The Morgan fingerprint density at radius 1 is 1.26 bits per heavy atom. The Kier molecular flexibility index (Phi) is 4.22. The number of hydrogen-bond donors (Lipinski definition) is 1. The second-order valence-electron chi connectivity index (χ2n) is 4.08. The highest BCUT2D eigenvalue weighted by molar-refractivity contribution is 5.66. The molecule has 1 aromatic heterocycles. The summed E-state index contributed by atoms with van der Waals surface area (Å²) in [5.41, 5.74) is 0.270. The van der Waals surface area contributed by atoms with Crippen molar-refractivity contribution in [1.29, 1.82) is 0 Å². The fourth-order valence-corrected chi connectivity index (χ4v) is 1.65. The van der Waals surface area contributed by atoms with Crippen LogP contribution < -0.4 is 0 Å². The fourth-order valence-electron chi connectivity index (χ4n) is 1.65. The molecule has 0 radical (unpaired) electrons. The molecule has 0 spiro atoms. The summed E-state index contributed by atoms with van der Waals surface area (Å²) in [5, 5.41) is 16.1. The van der Waals surface area contributed by atoms with Gasteiger partial charge in [-0.3, -0.25) is 4.79 Å². The van der Waals surface area contributed by atoms with E-state index in [0.717, 1.165) is 0 Å². The number of carboxylic acid groups (broad SMARTS) is 1. The third-order valence-electron chi connectivity index (χ3n) is 2.60. The molecule has 0 fully saturated rings. The van der Waals surface area contributed by atoms with Crippen LogP contribution in [0.1, 0.15) is 25.2 Å². The summed E-state index contributed by atoms with van der Waals surface area (Å²) in [5.74, 6) is -0.698. The number of aliphatic carboxylic acids is 1. The van der Waals surface area contributed by atoms with Gasteiger partial charge in [-0.2, -0.15) is 0 Å². The van der Waals surface area contributed by atoms with Crippen LogP contribution in [0.3, 0.4) is 0 Å². The van der Waals surface area contributed by atoms with Crippen LogP contribution in [0.25, 0.3) is 11.5 Å². The van der Waals surface area contributed by atoms with E-state index >= 15 is 0 Å². The first-order chi connectivity index (χ1) is 9.16. The van der Waals surface area contributed by atoms with Crippen molar-refractivity contribution in [3.63, 3.8) is 0 Å². The summed E-state index contributed by atoms with van der Waals surface area (Å²) >= 11 is 0. The van der Waals surface area contributed by atoms with Crippen molar-refractivity contribution in [2.45, 2.75) is 25.7 Å². The van der Waals surface area contributed by atoms with Gasteiger partial charge in [0.25, 0.3) is 5.89 Å². The molecule has 0 unspecified atom stereocenters. The molecule has 0 saturated heterocycles. The molecule has 1 heterocycles. The number of rotatable bonds is 6. The molecule has 0 amide bonds. The average Bonchev–Trinajstić information content (AvgIpc) is 2.83. The Hall–Kier alpha value is -2.24. The standard InChI is InChI=1S/C13H13FN2O3/c14-10-6-2-1-5-9(10)13-16-15-11(19-13)7-3-4-8-12(17)18/h1-2,5-6H,3-4,7-8H2,(H,17,18). The van der Waals surface area contributed by atoms with E-state index in [1.165, 1.54) is 6.07 Å². The third kappa shape index (κ3) is 3.61. The number of hydrogen-bond acceptors (Lipinski definition) is 4. The molecule has 100 valence electrons. The van der Waals surface area contributed by atoms with Gasteiger partial charge in [0, 0.05) is 12.8 Å². The van der Waals surface area contributed by atoms with Crippen molar-refractivity contribution in [2.75, 3.05) is 0 Å². The second kappa shape index (κ2) is 6.08. The average molecular weight is 264 g/mol. The minimum absolute atomic E-state index is 0.119. The number of benzene rings is 1. The summed E-state index contributed by atoms with van der Waals surface area (Å²) < 4.78 is 18.8. The van der Waals surface area contributed by atoms with Crippen LogP contribution in [0, 0.1) is 5.82 Å². The van der Waals surface area contributed by atoms with Gasteiger partial charge in [-0.1, -0.05) is 12.1 Å². The lowest BCUT2D eigenvalue weighted by atomic mass is 10.2. The molecule has 2 rings (SSSR count). The number of aromatic nitrogens is 2. The summed E-state index contributed by atoms with van der Waals surface area (Å²) in [6, 6.07) is 6.17. The Morgan fingerprint density at radius 3 is 2.79 bits per heavy atom. The van der Waals surface area contributed by atoms with Crippen molar-refractivity contribution >= 4 is 5.97 Å². The van der Waals surface area contributed by atoms with Gasteiger partial charge in [-0.25, -0.2) is 4.39 Å². The molecule has 6 heteroatoms. The zero-order valence-corrected chi connectivity index (χ0v) is 10.2. The highest BCUT2D eigenvalue weighted by Gasteiger charge is 2.12. The number of unbranched alkanes of at least 4 members (excludes halogenated alkanes) is 1. The number of halogens is 1. The Morgan fingerprint density at radius 2 is 2.05 bits per heavy atom. The highest BCUT2D eigenvalue weighted by atomic mass is 19.1. The summed E-state index contributed by atoms with van der Waals surface area (Å²) in [4.78, 5) is 10.3. The minimum Gasteiger partial charge on any atom is -0.481 e. The molecule has 0 aliphatic carbocycles. The number of aryl methyl sites for hydroxylation is 1. The molecular weight excluding hydrogens is 251 g/mol. The maximum atomic E-state index is 13.5. The van der Waals surface area contributed by atoms with Crippen LogP contribution in [0.4, 0.5) is 4.39 Å². The van der Waals surface area contributed by atoms with Crippen LogP contribution in [-0.4, -0.2) is 21.3 Å². The summed E-state index contributed by atoms with van der Waals surface area (Å²) in [6.07, 6.45) is 1.81. The zero-order chi connectivity index (χ0) is 13.7. The van der Waals surface area contributed by atoms with E-state index in [1.807, 2.05) is 0 Å². The molecule has 19 heavy (non-hydrogen) atoms. The van der Waals surface area contributed by atoms with Crippen LogP contribution >= 0.6 is 0 Å². The Bertz CT molecular complexity index is 569. The van der Waals surface area contributed by atoms with Crippen LogP contribution in [-0.2, 0) is 11.2 Å². The number of carboxylic acids is 1. The predicted octanol–water partition coefficient (Wildman–Crippen LogP) is 2.67. The molecular formula is C13H13FN2O3. The maximum absolute atomic E-state index is 13.5. The monoisotopic (exact) mass is 264 g/mol. The van der Waals surface area contributed by atoms with Crippen molar-refractivity contribution in [2.24, 2.45) is 0 Å². The molecule has 0 aliphatic rings. The molecule has 5 nitrogen and oxygen atoms in total. The van der Waals surface area contributed by atoms with Crippen molar-refractivity contribution in [3.8, 4) is 11.5 Å². The number of nitrogens with zero attached hydrogens (tertiary/aromatic N) is 2. The van der Waals surface area contributed by atoms with E-state index < -0.39 is 11.8 Å². The van der Waals surface area contributed by atoms with Gasteiger partial charge in [0.15, 0.2) is 0 Å². The molecule has 0 saturated carbocycles. The molecule has 1 N–H and O–H groups in total. The van der Waals surface area contributed by atoms with E-state index in [4.69, 9.17) is 9.52 Å². The zero-order valence-electron chi connectivity index (χ0n) is 10.2. The van der Waals surface area contributed by atoms with Crippen molar-refractivity contribution in [1.82, 2.24) is 10.2 Å². The van der Waals surface area contributed by atoms with E-state index in [-0.39, 0.29) is 17.9 Å². The quantitative estimate of drug-likeness (QED) is 0.812. The Labute approximate surface area is 109 Å². The largest absolute Gasteiger partial charge is 0.481 e. The number of carbonyl (C=O) groups is 1. The lowest BCUT2D eigenvalue weighted by Gasteiger charge is -1.96. The van der Waals surface area contributed by atoms with Gasteiger partial charge in [0.1, 0.15) is 5.82 Å². The molecule has 1 aromatic carbocycles. The normalized spacial score (nSPS) is 10.6. The van der Waals surface area contributed by atoms with Gasteiger partial charge < -0.3 is 9.52 Å². The van der Waals surface area contributed by atoms with Gasteiger partial charge in [0.05, 0.1) is 5.56 Å². The van der Waals surface area contributed by atoms with E-state index in [2.05, 4.69) is 10.2 Å². The SMILES string of the molecule is O=C(O)CCCCc1nnc(-c2ccccc2F)o1. The predicted molar refractivity (Wildman–Crippen MR) is 64.9 cm³/mol. The van der Waals surface area contributed by atoms with Gasteiger partial charge >= 0.3 is 5.97 Å². The van der Waals surface area contributed by atoms with E-state index in [0.29, 0.717) is 25.2 Å². The van der Waals surface area contributed by atoms with Crippen molar-refractivity contribution < 1.29 is 18.7 Å². The van der Waals surface area contributed by atoms with E-state index in [9.17, 15) is 9.18 Å². The molecule has 2 aromatic rings. The van der Waals surface area contributed by atoms with Gasteiger partial charge in [-0.05, 0) is 25.0 Å². The van der Waals surface area contributed by atoms with Gasteiger partial charge in [-0.15, -0.1) is 10.2 Å². The lowest BCUT2D eigenvalue weighted by Crippen LogP contribution is -1.95. The van der Waals surface area contributed by atoms with Crippen molar-refractivity contribution in [3.05, 3.63) is 36.0 Å². The Balaban J connectivity index is 1.96. The highest BCUT2D eigenvalue weighted by Crippen LogP contribution is 2.21. The molecule has 0 aliphatic heterocycles. The van der Waals surface area contributed by atoms with Crippen LogP contribution in [0.15, 0.2) is 28.7 Å². The molecule has 0 bridgehead atoms. The summed E-state index contributed by atoms with van der Waals surface area (Å²) in [7, 11) is 0. The third-order valence-corrected chi connectivity index (χ3v) is 2.60. The van der Waals surface area contributed by atoms with Gasteiger partial charge in [0.2, 0.25) is 5.89 Å². The smallest absolute Gasteiger partial charge is 0.303 e.